The highest BCUT2D eigenvalue weighted by molar-refractivity contribution is 5.97. The second-order valence-electron chi connectivity index (χ2n) is 3.80. The number of amides is 3. The van der Waals surface area contributed by atoms with Crippen LogP contribution >= 0.6 is 0 Å². The van der Waals surface area contributed by atoms with Crippen molar-refractivity contribution in [2.24, 2.45) is 5.92 Å². The molecule has 0 aliphatic carbocycles. The Morgan fingerprint density at radius 3 is 2.93 bits per heavy atom. The van der Waals surface area contributed by atoms with Gasteiger partial charge in [-0.3, -0.25) is 10.1 Å². The average molecular weight is 208 g/mol. The number of imide groups is 1. The van der Waals surface area contributed by atoms with E-state index in [0.29, 0.717) is 13.1 Å². The summed E-state index contributed by atoms with van der Waals surface area (Å²) in [6.45, 7) is 3.00. The molecule has 1 aliphatic rings. The van der Waals surface area contributed by atoms with E-state index >= 15 is 0 Å². The first-order valence-electron chi connectivity index (χ1n) is 5.18. The van der Waals surface area contributed by atoms with Crippen LogP contribution in [0.3, 0.4) is 0 Å². The highest BCUT2D eigenvalue weighted by Gasteiger charge is 2.28. The van der Waals surface area contributed by atoms with Crippen molar-refractivity contribution < 1.29 is 9.59 Å². The fourth-order valence-electron chi connectivity index (χ4n) is 1.53. The zero-order valence-corrected chi connectivity index (χ0v) is 8.95. The van der Waals surface area contributed by atoms with E-state index in [1.807, 2.05) is 6.92 Å². The predicted octanol–water partition coefficient (Wildman–Crippen LogP) is 0.978. The maximum Gasteiger partial charge on any atom is 0.324 e. The standard InChI is InChI=1S/C11H16N2O2/c1-3-4-5-6-7-13-8-9(2)10(14)12-11(13)15/h1,9H,4-8H2,2H3,(H,12,14,15). The molecule has 1 fully saturated rings. The van der Waals surface area contributed by atoms with Crippen molar-refractivity contribution in [3.05, 3.63) is 0 Å². The zero-order valence-electron chi connectivity index (χ0n) is 8.95. The van der Waals surface area contributed by atoms with Gasteiger partial charge in [-0.25, -0.2) is 4.79 Å². The van der Waals surface area contributed by atoms with Crippen LogP contribution in [0.15, 0.2) is 0 Å². The van der Waals surface area contributed by atoms with Gasteiger partial charge in [0.15, 0.2) is 0 Å². The Kier molecular flexibility index (Phi) is 4.17. The maximum atomic E-state index is 11.4. The molecule has 4 nitrogen and oxygen atoms in total. The van der Waals surface area contributed by atoms with Crippen LogP contribution in [0.1, 0.15) is 26.2 Å². The van der Waals surface area contributed by atoms with Crippen LogP contribution in [0, 0.1) is 18.3 Å². The van der Waals surface area contributed by atoms with Crippen LogP contribution in [0.4, 0.5) is 4.79 Å². The summed E-state index contributed by atoms with van der Waals surface area (Å²) in [5, 5.41) is 2.33. The summed E-state index contributed by atoms with van der Waals surface area (Å²) in [5.74, 6) is 2.26. The fraction of sp³-hybridized carbons (Fsp3) is 0.636. The van der Waals surface area contributed by atoms with Gasteiger partial charge in [-0.2, -0.15) is 0 Å². The Balaban J connectivity index is 2.32. The minimum atomic E-state index is -0.279. The summed E-state index contributed by atoms with van der Waals surface area (Å²) >= 11 is 0. The molecule has 4 heteroatoms. The smallest absolute Gasteiger partial charge is 0.324 e. The van der Waals surface area contributed by atoms with E-state index in [0.717, 1.165) is 19.3 Å². The van der Waals surface area contributed by atoms with Gasteiger partial charge in [0, 0.05) is 19.5 Å². The van der Waals surface area contributed by atoms with Gasteiger partial charge in [0.1, 0.15) is 0 Å². The Labute approximate surface area is 90.0 Å². The molecule has 1 rings (SSSR count). The number of terminal acetylenes is 1. The molecule has 1 atom stereocenters. The van der Waals surface area contributed by atoms with E-state index < -0.39 is 0 Å². The van der Waals surface area contributed by atoms with Gasteiger partial charge >= 0.3 is 6.03 Å². The zero-order chi connectivity index (χ0) is 11.3. The van der Waals surface area contributed by atoms with Crippen molar-refractivity contribution in [1.29, 1.82) is 0 Å². The number of carbonyl (C=O) groups is 2. The molecule has 0 aromatic rings. The Bertz CT molecular complexity index is 293. The SMILES string of the molecule is C#CCCCCN1CC(C)C(=O)NC1=O. The van der Waals surface area contributed by atoms with E-state index in [-0.39, 0.29) is 17.9 Å². The molecule has 1 aliphatic heterocycles. The molecule has 0 radical (unpaired) electrons. The molecular weight excluding hydrogens is 192 g/mol. The number of unbranched alkanes of at least 4 members (excludes halogenated alkanes) is 2. The van der Waals surface area contributed by atoms with Crippen molar-refractivity contribution in [2.45, 2.75) is 26.2 Å². The van der Waals surface area contributed by atoms with Crippen LogP contribution < -0.4 is 5.32 Å². The summed E-state index contributed by atoms with van der Waals surface area (Å²) in [6.07, 6.45) is 7.67. The largest absolute Gasteiger partial charge is 0.324 e. The Morgan fingerprint density at radius 2 is 2.27 bits per heavy atom. The van der Waals surface area contributed by atoms with Gasteiger partial charge in [0.2, 0.25) is 5.91 Å². The molecular formula is C11H16N2O2. The van der Waals surface area contributed by atoms with Gasteiger partial charge in [0.25, 0.3) is 0 Å². The maximum absolute atomic E-state index is 11.4. The molecule has 0 saturated carbocycles. The first kappa shape index (κ1) is 11.6. The van der Waals surface area contributed by atoms with Gasteiger partial charge in [0.05, 0.1) is 5.92 Å². The normalized spacial score (nSPS) is 21.1. The van der Waals surface area contributed by atoms with Crippen LogP contribution in [0.2, 0.25) is 0 Å². The summed E-state index contributed by atoms with van der Waals surface area (Å²) in [7, 11) is 0. The van der Waals surface area contributed by atoms with E-state index in [9.17, 15) is 9.59 Å². The highest BCUT2D eigenvalue weighted by atomic mass is 16.2. The van der Waals surface area contributed by atoms with Crippen LogP contribution in [0.25, 0.3) is 0 Å². The first-order chi connectivity index (χ1) is 7.15. The summed E-state index contributed by atoms with van der Waals surface area (Å²) < 4.78 is 0. The fourth-order valence-corrected chi connectivity index (χ4v) is 1.53. The van der Waals surface area contributed by atoms with Crippen LogP contribution in [-0.2, 0) is 4.79 Å². The number of carbonyl (C=O) groups excluding carboxylic acids is 2. The second kappa shape index (κ2) is 5.40. The quantitative estimate of drug-likeness (QED) is 0.553. The third-order valence-corrected chi connectivity index (χ3v) is 2.46. The number of urea groups is 1. The molecule has 1 heterocycles. The second-order valence-corrected chi connectivity index (χ2v) is 3.80. The number of nitrogens with one attached hydrogen (secondary N) is 1. The van der Waals surface area contributed by atoms with Gasteiger partial charge in [-0.1, -0.05) is 6.92 Å². The van der Waals surface area contributed by atoms with E-state index in [1.54, 1.807) is 4.90 Å². The third kappa shape index (κ3) is 3.28. The van der Waals surface area contributed by atoms with E-state index in [2.05, 4.69) is 11.2 Å². The summed E-state index contributed by atoms with van der Waals surface area (Å²) in [4.78, 5) is 24.2. The minimum Gasteiger partial charge on any atom is -0.324 e. The number of hydrogen-bond donors (Lipinski definition) is 1. The molecule has 0 spiro atoms. The van der Waals surface area contributed by atoms with Crippen LogP contribution in [-0.4, -0.2) is 29.9 Å². The molecule has 0 aromatic heterocycles. The van der Waals surface area contributed by atoms with Crippen LogP contribution in [0.5, 0.6) is 0 Å². The molecule has 3 amide bonds. The Hall–Kier alpha value is -1.50. The number of hydrogen-bond acceptors (Lipinski definition) is 2. The van der Waals surface area contributed by atoms with E-state index in [1.165, 1.54) is 0 Å². The van der Waals surface area contributed by atoms with Gasteiger partial charge in [-0.05, 0) is 12.8 Å². The lowest BCUT2D eigenvalue weighted by Gasteiger charge is -2.30. The molecule has 0 aromatic carbocycles. The first-order valence-corrected chi connectivity index (χ1v) is 5.18. The average Bonchev–Trinajstić information content (AvgIpc) is 2.20. The number of rotatable bonds is 4. The summed E-state index contributed by atoms with van der Waals surface area (Å²) in [5.41, 5.74) is 0. The number of nitrogens with zero attached hydrogens (tertiary/aromatic N) is 1. The van der Waals surface area contributed by atoms with Gasteiger partial charge in [-0.15, -0.1) is 12.3 Å². The molecule has 1 saturated heterocycles. The molecule has 1 unspecified atom stereocenters. The van der Waals surface area contributed by atoms with Crippen molar-refractivity contribution in [2.75, 3.05) is 13.1 Å². The lowest BCUT2D eigenvalue weighted by atomic mass is 10.1. The van der Waals surface area contributed by atoms with E-state index in [4.69, 9.17) is 6.42 Å². The Morgan fingerprint density at radius 1 is 1.53 bits per heavy atom. The van der Waals surface area contributed by atoms with Crippen molar-refractivity contribution in [1.82, 2.24) is 10.2 Å². The predicted molar refractivity (Wildman–Crippen MR) is 57.0 cm³/mol. The minimum absolute atomic E-state index is 0.115. The molecule has 0 bridgehead atoms. The van der Waals surface area contributed by atoms with Crippen molar-refractivity contribution in [3.8, 4) is 12.3 Å². The molecule has 15 heavy (non-hydrogen) atoms. The summed E-state index contributed by atoms with van der Waals surface area (Å²) in [6, 6.07) is -0.279. The topological polar surface area (TPSA) is 49.4 Å². The highest BCUT2D eigenvalue weighted by Crippen LogP contribution is 2.08. The third-order valence-electron chi connectivity index (χ3n) is 2.46. The van der Waals surface area contributed by atoms with Gasteiger partial charge < -0.3 is 4.90 Å². The monoisotopic (exact) mass is 208 g/mol. The lowest BCUT2D eigenvalue weighted by molar-refractivity contribution is -0.125. The van der Waals surface area contributed by atoms with Crippen molar-refractivity contribution in [3.63, 3.8) is 0 Å². The lowest BCUT2D eigenvalue weighted by Crippen LogP contribution is -2.53. The molecule has 1 N–H and O–H groups in total. The van der Waals surface area contributed by atoms with Crippen molar-refractivity contribution >= 4 is 11.9 Å². The molecule has 82 valence electrons.